The van der Waals surface area contributed by atoms with Gasteiger partial charge in [-0.15, -0.1) is 0 Å². The standard InChI is InChI=1S/C22H30N4O3/c1-3-4-11-24-21(27)18-6-5-13-26(15-18)22(28)17-7-9-19(10-8-17)29-16-20-23-12-14-25(20)2/h7-10,12,14,18H,3-6,11,13,15-16H2,1-2H3,(H,24,27). The number of unbranched alkanes of at least 4 members (excludes halogenated alkanes) is 1. The van der Waals surface area contributed by atoms with Crippen molar-refractivity contribution in [3.63, 3.8) is 0 Å². The van der Waals surface area contributed by atoms with Crippen molar-refractivity contribution in [3.8, 4) is 5.75 Å². The summed E-state index contributed by atoms with van der Waals surface area (Å²) in [4.78, 5) is 31.2. The fourth-order valence-electron chi connectivity index (χ4n) is 3.47. The zero-order valence-electron chi connectivity index (χ0n) is 17.3. The first kappa shape index (κ1) is 20.9. The molecule has 7 nitrogen and oxygen atoms in total. The molecule has 1 unspecified atom stereocenters. The molecule has 1 saturated heterocycles. The van der Waals surface area contributed by atoms with Crippen LogP contribution in [0.2, 0.25) is 0 Å². The van der Waals surface area contributed by atoms with Crippen LogP contribution in [-0.2, 0) is 18.4 Å². The van der Waals surface area contributed by atoms with Crippen LogP contribution < -0.4 is 10.1 Å². The molecule has 29 heavy (non-hydrogen) atoms. The highest BCUT2D eigenvalue weighted by Gasteiger charge is 2.28. The number of piperidine rings is 1. The highest BCUT2D eigenvalue weighted by Crippen LogP contribution is 2.20. The van der Waals surface area contributed by atoms with Crippen molar-refractivity contribution >= 4 is 11.8 Å². The van der Waals surface area contributed by atoms with E-state index in [1.807, 2.05) is 17.8 Å². The van der Waals surface area contributed by atoms with Gasteiger partial charge in [0.1, 0.15) is 18.2 Å². The van der Waals surface area contributed by atoms with Crippen molar-refractivity contribution in [2.24, 2.45) is 13.0 Å². The van der Waals surface area contributed by atoms with E-state index in [0.717, 1.165) is 31.5 Å². The molecule has 0 spiro atoms. The van der Waals surface area contributed by atoms with E-state index < -0.39 is 0 Å². The Morgan fingerprint density at radius 2 is 2.07 bits per heavy atom. The lowest BCUT2D eigenvalue weighted by Crippen LogP contribution is -2.45. The van der Waals surface area contributed by atoms with Gasteiger partial charge in [-0.25, -0.2) is 4.98 Å². The number of imidazole rings is 1. The number of nitrogens with one attached hydrogen (secondary N) is 1. The molecule has 2 aromatic rings. The lowest BCUT2D eigenvalue weighted by molar-refractivity contribution is -0.126. The van der Waals surface area contributed by atoms with Gasteiger partial charge in [0.25, 0.3) is 5.91 Å². The number of aromatic nitrogens is 2. The minimum Gasteiger partial charge on any atom is -0.486 e. The molecule has 0 aliphatic carbocycles. The van der Waals surface area contributed by atoms with E-state index in [0.29, 0.717) is 37.6 Å². The number of hydrogen-bond donors (Lipinski definition) is 1. The summed E-state index contributed by atoms with van der Waals surface area (Å²) in [5.74, 6) is 1.43. The molecule has 1 N–H and O–H groups in total. The van der Waals surface area contributed by atoms with E-state index in [2.05, 4.69) is 17.2 Å². The maximum atomic E-state index is 12.9. The van der Waals surface area contributed by atoms with E-state index in [4.69, 9.17) is 4.74 Å². The lowest BCUT2D eigenvalue weighted by atomic mass is 9.96. The Morgan fingerprint density at radius 1 is 1.28 bits per heavy atom. The molecule has 1 aromatic heterocycles. The summed E-state index contributed by atoms with van der Waals surface area (Å²) in [7, 11) is 1.92. The molecule has 1 aromatic carbocycles. The van der Waals surface area contributed by atoms with Gasteiger partial charge in [-0.3, -0.25) is 9.59 Å². The largest absolute Gasteiger partial charge is 0.486 e. The molecule has 2 heterocycles. The van der Waals surface area contributed by atoms with Gasteiger partial charge in [0.05, 0.1) is 5.92 Å². The van der Waals surface area contributed by atoms with E-state index in [1.165, 1.54) is 0 Å². The SMILES string of the molecule is CCCCNC(=O)C1CCCN(C(=O)c2ccc(OCc3nccn3C)cc2)C1. The van der Waals surface area contributed by atoms with Crippen LogP contribution in [0.5, 0.6) is 5.75 Å². The maximum Gasteiger partial charge on any atom is 0.253 e. The summed E-state index contributed by atoms with van der Waals surface area (Å²) in [6.07, 6.45) is 7.32. The average Bonchev–Trinajstić information content (AvgIpc) is 3.17. The monoisotopic (exact) mass is 398 g/mol. The first-order valence-electron chi connectivity index (χ1n) is 10.3. The van der Waals surface area contributed by atoms with Crippen LogP contribution in [0.1, 0.15) is 48.8 Å². The third-order valence-electron chi connectivity index (χ3n) is 5.30. The van der Waals surface area contributed by atoms with Crippen molar-refractivity contribution in [3.05, 3.63) is 48.0 Å². The Morgan fingerprint density at radius 3 is 2.76 bits per heavy atom. The third-order valence-corrected chi connectivity index (χ3v) is 5.30. The predicted octanol–water partition coefficient (Wildman–Crippen LogP) is 2.77. The first-order valence-corrected chi connectivity index (χ1v) is 10.3. The summed E-state index contributed by atoms with van der Waals surface area (Å²) >= 11 is 0. The van der Waals surface area contributed by atoms with Gasteiger partial charge in [-0.1, -0.05) is 13.3 Å². The van der Waals surface area contributed by atoms with E-state index in [1.54, 1.807) is 35.4 Å². The molecule has 0 bridgehead atoms. The van der Waals surface area contributed by atoms with Gasteiger partial charge in [-0.2, -0.15) is 0 Å². The quantitative estimate of drug-likeness (QED) is 0.694. The van der Waals surface area contributed by atoms with Crippen molar-refractivity contribution in [2.45, 2.75) is 39.2 Å². The fourth-order valence-corrected chi connectivity index (χ4v) is 3.47. The van der Waals surface area contributed by atoms with E-state index >= 15 is 0 Å². The van der Waals surface area contributed by atoms with Crippen LogP contribution >= 0.6 is 0 Å². The zero-order valence-corrected chi connectivity index (χ0v) is 17.3. The van der Waals surface area contributed by atoms with Crippen molar-refractivity contribution in [1.82, 2.24) is 19.8 Å². The fraction of sp³-hybridized carbons (Fsp3) is 0.500. The van der Waals surface area contributed by atoms with Gasteiger partial charge in [0, 0.05) is 44.6 Å². The highest BCUT2D eigenvalue weighted by molar-refractivity contribution is 5.94. The second-order valence-electron chi connectivity index (χ2n) is 7.50. The number of carbonyl (C=O) groups is 2. The number of benzene rings is 1. The summed E-state index contributed by atoms with van der Waals surface area (Å²) in [6, 6.07) is 7.16. The van der Waals surface area contributed by atoms with Gasteiger partial charge in [0.15, 0.2) is 0 Å². The molecule has 2 amide bonds. The number of hydrogen-bond acceptors (Lipinski definition) is 4. The molecule has 1 aliphatic rings. The first-order chi connectivity index (χ1) is 14.1. The molecule has 3 rings (SSSR count). The molecule has 0 radical (unpaired) electrons. The normalized spacial score (nSPS) is 16.5. The molecule has 156 valence electrons. The summed E-state index contributed by atoms with van der Waals surface area (Å²) in [5, 5.41) is 2.99. The van der Waals surface area contributed by atoms with Crippen molar-refractivity contribution in [2.75, 3.05) is 19.6 Å². The molecule has 1 aliphatic heterocycles. The molecular weight excluding hydrogens is 368 g/mol. The Kier molecular flexibility index (Phi) is 7.27. The van der Waals surface area contributed by atoms with Crippen LogP contribution in [0.25, 0.3) is 0 Å². The predicted molar refractivity (Wildman–Crippen MR) is 111 cm³/mol. The van der Waals surface area contributed by atoms with E-state index in [-0.39, 0.29) is 17.7 Å². The highest BCUT2D eigenvalue weighted by atomic mass is 16.5. The number of aryl methyl sites for hydroxylation is 1. The number of likely N-dealkylation sites (tertiary alicyclic amines) is 1. The van der Waals surface area contributed by atoms with Crippen molar-refractivity contribution < 1.29 is 14.3 Å². The number of ether oxygens (including phenoxy) is 1. The summed E-state index contributed by atoms with van der Waals surface area (Å²) in [5.41, 5.74) is 0.612. The van der Waals surface area contributed by atoms with E-state index in [9.17, 15) is 9.59 Å². The van der Waals surface area contributed by atoms with Crippen LogP contribution in [0.4, 0.5) is 0 Å². The molecular formula is C22H30N4O3. The second kappa shape index (κ2) is 10.1. The minimum atomic E-state index is -0.120. The Balaban J connectivity index is 1.54. The topological polar surface area (TPSA) is 76.5 Å². The summed E-state index contributed by atoms with van der Waals surface area (Å²) in [6.45, 7) is 4.35. The molecule has 1 fully saturated rings. The minimum absolute atomic E-state index is 0.0355. The average molecular weight is 399 g/mol. The number of nitrogens with zero attached hydrogens (tertiary/aromatic N) is 3. The maximum absolute atomic E-state index is 12.9. The molecule has 7 heteroatoms. The van der Waals surface area contributed by atoms with Gasteiger partial charge >= 0.3 is 0 Å². The Hall–Kier alpha value is -2.83. The lowest BCUT2D eigenvalue weighted by Gasteiger charge is -2.32. The third kappa shape index (κ3) is 5.59. The molecule has 0 saturated carbocycles. The second-order valence-corrected chi connectivity index (χ2v) is 7.50. The summed E-state index contributed by atoms with van der Waals surface area (Å²) < 4.78 is 7.65. The Labute approximate surface area is 172 Å². The van der Waals surface area contributed by atoms with Crippen LogP contribution in [0, 0.1) is 5.92 Å². The van der Waals surface area contributed by atoms with Crippen LogP contribution in [0.3, 0.4) is 0 Å². The number of rotatable bonds is 8. The van der Waals surface area contributed by atoms with Gasteiger partial charge in [0.2, 0.25) is 5.91 Å². The van der Waals surface area contributed by atoms with Crippen LogP contribution in [-0.4, -0.2) is 45.9 Å². The molecule has 1 atom stereocenters. The van der Waals surface area contributed by atoms with Gasteiger partial charge < -0.3 is 19.5 Å². The van der Waals surface area contributed by atoms with Gasteiger partial charge in [-0.05, 0) is 43.5 Å². The van der Waals surface area contributed by atoms with Crippen molar-refractivity contribution in [1.29, 1.82) is 0 Å². The number of amides is 2. The Bertz CT molecular complexity index is 816. The zero-order chi connectivity index (χ0) is 20.6. The smallest absolute Gasteiger partial charge is 0.253 e. The van der Waals surface area contributed by atoms with Crippen LogP contribution in [0.15, 0.2) is 36.7 Å². The number of carbonyl (C=O) groups excluding carboxylic acids is 2.